The Morgan fingerprint density at radius 1 is 1.00 bits per heavy atom. The van der Waals surface area contributed by atoms with Crippen LogP contribution >= 0.6 is 0 Å². The molecule has 0 bridgehead atoms. The normalized spacial score (nSPS) is 22.1. The molecular weight excluding hydrogens is 244 g/mol. The van der Waals surface area contributed by atoms with Crippen molar-refractivity contribution in [2.24, 2.45) is 5.41 Å². The molecule has 0 aromatic carbocycles. The first-order valence-corrected chi connectivity index (χ1v) is 6.99. The molecule has 1 heterocycles. The van der Waals surface area contributed by atoms with Gasteiger partial charge >= 0.3 is 6.09 Å². The van der Waals surface area contributed by atoms with Crippen molar-refractivity contribution in [1.29, 1.82) is 0 Å². The van der Waals surface area contributed by atoms with Crippen molar-refractivity contribution >= 4 is 12.0 Å². The van der Waals surface area contributed by atoms with Gasteiger partial charge in [0.05, 0.1) is 0 Å². The van der Waals surface area contributed by atoms with Crippen LogP contribution in [-0.2, 0) is 9.53 Å². The number of amides is 2. The zero-order valence-electron chi connectivity index (χ0n) is 12.4. The molecule has 0 atom stereocenters. The van der Waals surface area contributed by atoms with Crippen LogP contribution in [0.2, 0.25) is 0 Å². The Labute approximate surface area is 114 Å². The van der Waals surface area contributed by atoms with Crippen LogP contribution in [0.4, 0.5) is 4.79 Å². The summed E-state index contributed by atoms with van der Waals surface area (Å²) in [4.78, 5) is 27.6. The monoisotopic (exact) mass is 268 g/mol. The van der Waals surface area contributed by atoms with Crippen LogP contribution in [0.1, 0.15) is 40.5 Å². The molecule has 0 radical (unpaired) electrons. The van der Waals surface area contributed by atoms with E-state index in [1.54, 1.807) is 4.90 Å². The van der Waals surface area contributed by atoms with Crippen LogP contribution in [0.5, 0.6) is 0 Å². The molecule has 1 aliphatic carbocycles. The molecule has 0 aromatic rings. The molecule has 5 heteroatoms. The Hall–Kier alpha value is -1.26. The molecule has 0 spiro atoms. The molecule has 5 nitrogen and oxygen atoms in total. The van der Waals surface area contributed by atoms with E-state index in [4.69, 9.17) is 4.74 Å². The fourth-order valence-corrected chi connectivity index (χ4v) is 2.20. The van der Waals surface area contributed by atoms with Gasteiger partial charge in [-0.2, -0.15) is 0 Å². The molecule has 0 aromatic heterocycles. The predicted molar refractivity (Wildman–Crippen MR) is 71.7 cm³/mol. The van der Waals surface area contributed by atoms with Gasteiger partial charge in [0, 0.05) is 31.6 Å². The third-order valence-electron chi connectivity index (χ3n) is 3.73. The maximum atomic E-state index is 12.2. The highest BCUT2D eigenvalue weighted by molar-refractivity contribution is 5.85. The summed E-state index contributed by atoms with van der Waals surface area (Å²) >= 11 is 0. The second-order valence-corrected chi connectivity index (χ2v) is 6.82. The minimum absolute atomic E-state index is 0.117. The number of nitrogens with zero attached hydrogens (tertiary/aromatic N) is 2. The highest BCUT2D eigenvalue weighted by Gasteiger charge is 2.47. The maximum absolute atomic E-state index is 12.2. The maximum Gasteiger partial charge on any atom is 0.410 e. The highest BCUT2D eigenvalue weighted by atomic mass is 16.6. The SMILES string of the molecule is CC(C)(C)OC(=O)N1CCN(C(=O)C2(C)CC2)CC1. The smallest absolute Gasteiger partial charge is 0.410 e. The Balaban J connectivity index is 1.82. The summed E-state index contributed by atoms with van der Waals surface area (Å²) in [5.41, 5.74) is -0.584. The number of carbonyl (C=O) groups excluding carboxylic acids is 2. The minimum atomic E-state index is -0.467. The molecule has 1 aliphatic heterocycles. The first-order valence-electron chi connectivity index (χ1n) is 6.99. The number of rotatable bonds is 1. The molecule has 1 saturated heterocycles. The zero-order chi connectivity index (χ0) is 14.3. The topological polar surface area (TPSA) is 49.9 Å². The van der Waals surface area contributed by atoms with E-state index in [-0.39, 0.29) is 17.4 Å². The van der Waals surface area contributed by atoms with Gasteiger partial charge in [-0.15, -0.1) is 0 Å². The predicted octanol–water partition coefficient (Wildman–Crippen LogP) is 1.87. The number of piperazine rings is 1. The van der Waals surface area contributed by atoms with Gasteiger partial charge < -0.3 is 14.5 Å². The van der Waals surface area contributed by atoms with Crippen molar-refractivity contribution in [2.75, 3.05) is 26.2 Å². The lowest BCUT2D eigenvalue weighted by Crippen LogP contribution is -2.52. The van der Waals surface area contributed by atoms with Gasteiger partial charge in [0.25, 0.3) is 0 Å². The van der Waals surface area contributed by atoms with Crippen LogP contribution in [0.15, 0.2) is 0 Å². The van der Waals surface area contributed by atoms with Gasteiger partial charge in [-0.25, -0.2) is 4.79 Å². The van der Waals surface area contributed by atoms with Crippen LogP contribution in [0, 0.1) is 5.41 Å². The molecule has 2 rings (SSSR count). The van der Waals surface area contributed by atoms with E-state index < -0.39 is 5.60 Å². The largest absolute Gasteiger partial charge is 0.444 e. The van der Waals surface area contributed by atoms with Gasteiger partial charge in [0.2, 0.25) is 5.91 Å². The molecule has 19 heavy (non-hydrogen) atoms. The molecule has 1 saturated carbocycles. The van der Waals surface area contributed by atoms with E-state index in [0.717, 1.165) is 12.8 Å². The van der Waals surface area contributed by atoms with E-state index in [2.05, 4.69) is 0 Å². The molecule has 0 unspecified atom stereocenters. The number of carbonyl (C=O) groups is 2. The summed E-state index contributed by atoms with van der Waals surface area (Å²) in [6, 6.07) is 0. The van der Waals surface area contributed by atoms with E-state index in [1.165, 1.54) is 0 Å². The Bertz CT molecular complexity index is 375. The standard InChI is InChI=1S/C14H24N2O3/c1-13(2,3)19-12(18)16-9-7-15(8-10-16)11(17)14(4)5-6-14/h5-10H2,1-4H3. The highest BCUT2D eigenvalue weighted by Crippen LogP contribution is 2.46. The van der Waals surface area contributed by atoms with Crippen LogP contribution < -0.4 is 0 Å². The summed E-state index contributed by atoms with van der Waals surface area (Å²) in [6.45, 7) is 9.97. The van der Waals surface area contributed by atoms with Crippen molar-refractivity contribution in [3.63, 3.8) is 0 Å². The van der Waals surface area contributed by atoms with Crippen molar-refractivity contribution in [2.45, 2.75) is 46.1 Å². The van der Waals surface area contributed by atoms with Crippen LogP contribution in [0.3, 0.4) is 0 Å². The minimum Gasteiger partial charge on any atom is -0.444 e. The lowest BCUT2D eigenvalue weighted by atomic mass is 10.1. The lowest BCUT2D eigenvalue weighted by Gasteiger charge is -2.36. The zero-order valence-corrected chi connectivity index (χ0v) is 12.4. The number of hydrogen-bond acceptors (Lipinski definition) is 3. The third kappa shape index (κ3) is 3.39. The van der Waals surface area contributed by atoms with Gasteiger partial charge in [0.15, 0.2) is 0 Å². The molecule has 0 N–H and O–H groups in total. The van der Waals surface area contributed by atoms with Crippen molar-refractivity contribution in [1.82, 2.24) is 9.80 Å². The Morgan fingerprint density at radius 2 is 1.47 bits per heavy atom. The van der Waals surface area contributed by atoms with Gasteiger partial charge in [0.1, 0.15) is 5.60 Å². The molecule has 2 amide bonds. The average molecular weight is 268 g/mol. The average Bonchev–Trinajstić information content (AvgIpc) is 3.06. The first kappa shape index (κ1) is 14.2. The fraction of sp³-hybridized carbons (Fsp3) is 0.857. The summed E-state index contributed by atoms with van der Waals surface area (Å²) in [6.07, 6.45) is 1.72. The summed E-state index contributed by atoms with van der Waals surface area (Å²) in [5.74, 6) is 0.247. The summed E-state index contributed by atoms with van der Waals surface area (Å²) < 4.78 is 5.34. The Morgan fingerprint density at radius 3 is 1.89 bits per heavy atom. The van der Waals surface area contributed by atoms with E-state index in [0.29, 0.717) is 26.2 Å². The van der Waals surface area contributed by atoms with E-state index in [9.17, 15) is 9.59 Å². The summed E-state index contributed by atoms with van der Waals surface area (Å²) in [5, 5.41) is 0. The quantitative estimate of drug-likeness (QED) is 0.729. The second-order valence-electron chi connectivity index (χ2n) is 6.82. The first-order chi connectivity index (χ1) is 8.71. The number of ether oxygens (including phenoxy) is 1. The van der Waals surface area contributed by atoms with Crippen LogP contribution in [-0.4, -0.2) is 53.6 Å². The second kappa shape index (κ2) is 4.69. The third-order valence-corrected chi connectivity index (χ3v) is 3.73. The molecular formula is C14H24N2O3. The van der Waals surface area contributed by atoms with E-state index in [1.807, 2.05) is 32.6 Å². The van der Waals surface area contributed by atoms with Gasteiger partial charge in [-0.3, -0.25) is 4.79 Å². The van der Waals surface area contributed by atoms with Crippen molar-refractivity contribution < 1.29 is 14.3 Å². The van der Waals surface area contributed by atoms with Crippen LogP contribution in [0.25, 0.3) is 0 Å². The summed E-state index contributed by atoms with van der Waals surface area (Å²) in [7, 11) is 0. The molecule has 2 fully saturated rings. The number of hydrogen-bond donors (Lipinski definition) is 0. The molecule has 2 aliphatic rings. The molecule has 108 valence electrons. The van der Waals surface area contributed by atoms with E-state index >= 15 is 0 Å². The van der Waals surface area contributed by atoms with Gasteiger partial charge in [-0.1, -0.05) is 6.92 Å². The fourth-order valence-electron chi connectivity index (χ4n) is 2.20. The van der Waals surface area contributed by atoms with Crippen molar-refractivity contribution in [3.8, 4) is 0 Å². The van der Waals surface area contributed by atoms with Crippen molar-refractivity contribution in [3.05, 3.63) is 0 Å². The van der Waals surface area contributed by atoms with Gasteiger partial charge in [-0.05, 0) is 33.6 Å². The lowest BCUT2D eigenvalue weighted by molar-refractivity contribution is -0.138. The Kier molecular flexibility index (Phi) is 3.49.